The van der Waals surface area contributed by atoms with Crippen molar-refractivity contribution in [3.8, 4) is 0 Å². The summed E-state index contributed by atoms with van der Waals surface area (Å²) in [6.45, 7) is 20.5. The number of allylic oxidation sites excluding steroid dienone is 4. The van der Waals surface area contributed by atoms with Gasteiger partial charge in [-0.3, -0.25) is 0 Å². The van der Waals surface area contributed by atoms with Crippen LogP contribution in [0.15, 0.2) is 24.3 Å². The Morgan fingerprint density at radius 3 is 1.73 bits per heavy atom. The van der Waals surface area contributed by atoms with Gasteiger partial charge in [0.1, 0.15) is 0 Å². The van der Waals surface area contributed by atoms with Crippen molar-refractivity contribution >= 4 is 0 Å². The lowest BCUT2D eigenvalue weighted by Crippen LogP contribution is -2.64. The van der Waals surface area contributed by atoms with Crippen LogP contribution in [0.1, 0.15) is 88.0 Å². The van der Waals surface area contributed by atoms with Gasteiger partial charge in [0.2, 0.25) is 0 Å². The summed E-state index contributed by atoms with van der Waals surface area (Å²) >= 11 is 0. The second-order valence-electron chi connectivity index (χ2n) is 8.83. The number of nitrogens with two attached hydrogens (primary N) is 1. The van der Waals surface area contributed by atoms with Crippen LogP contribution in [0, 0.1) is 16.2 Å². The summed E-state index contributed by atoms with van der Waals surface area (Å²) in [7, 11) is 0. The molecule has 22 heavy (non-hydrogen) atoms. The molecular formula is C21H41N. The second-order valence-corrected chi connectivity index (χ2v) is 8.83. The van der Waals surface area contributed by atoms with Crippen LogP contribution < -0.4 is 5.73 Å². The SMILES string of the molecule is C/C=C/CCCC(C)(C)C(C)(N)C(C)(C)C(C)(C)C/C=C/C. The molecule has 0 aromatic heterocycles. The van der Waals surface area contributed by atoms with E-state index < -0.39 is 0 Å². The molecule has 1 atom stereocenters. The van der Waals surface area contributed by atoms with E-state index in [1.165, 1.54) is 6.42 Å². The van der Waals surface area contributed by atoms with Gasteiger partial charge in [-0.2, -0.15) is 0 Å². The van der Waals surface area contributed by atoms with Crippen molar-refractivity contribution in [2.45, 2.75) is 93.5 Å². The Bertz CT molecular complexity index is 381. The van der Waals surface area contributed by atoms with Crippen molar-refractivity contribution in [3.05, 3.63) is 24.3 Å². The summed E-state index contributed by atoms with van der Waals surface area (Å²) in [5, 5.41) is 0. The van der Waals surface area contributed by atoms with Gasteiger partial charge in [-0.25, -0.2) is 0 Å². The molecule has 0 amide bonds. The van der Waals surface area contributed by atoms with Crippen LogP contribution in [-0.4, -0.2) is 5.54 Å². The van der Waals surface area contributed by atoms with E-state index in [0.29, 0.717) is 0 Å². The molecule has 0 aliphatic rings. The Morgan fingerprint density at radius 2 is 1.27 bits per heavy atom. The molecule has 0 aromatic rings. The molecule has 0 heterocycles. The van der Waals surface area contributed by atoms with E-state index in [1.54, 1.807) is 0 Å². The minimum Gasteiger partial charge on any atom is -0.324 e. The first-order chi connectivity index (χ1) is 9.87. The van der Waals surface area contributed by atoms with Gasteiger partial charge >= 0.3 is 0 Å². The molecule has 0 aliphatic heterocycles. The summed E-state index contributed by atoms with van der Waals surface area (Å²) in [5.74, 6) is 0. The van der Waals surface area contributed by atoms with E-state index in [9.17, 15) is 0 Å². The monoisotopic (exact) mass is 307 g/mol. The molecule has 1 unspecified atom stereocenters. The maximum atomic E-state index is 7.00. The highest BCUT2D eigenvalue weighted by atomic mass is 14.8. The summed E-state index contributed by atoms with van der Waals surface area (Å²) in [6, 6.07) is 0. The highest BCUT2D eigenvalue weighted by molar-refractivity contribution is 5.10. The smallest absolute Gasteiger partial charge is 0.0234 e. The average molecular weight is 308 g/mol. The summed E-state index contributed by atoms with van der Waals surface area (Å²) in [6.07, 6.45) is 13.4. The Labute approximate surface area is 140 Å². The van der Waals surface area contributed by atoms with Gasteiger partial charge in [-0.05, 0) is 62.7 Å². The third-order valence-electron chi connectivity index (χ3n) is 6.67. The molecular weight excluding hydrogens is 266 g/mol. The highest BCUT2D eigenvalue weighted by Crippen LogP contribution is 2.54. The molecule has 0 aromatic carbocycles. The molecule has 0 saturated carbocycles. The molecule has 1 nitrogen and oxygen atoms in total. The normalized spacial score (nSPS) is 17.4. The third-order valence-corrected chi connectivity index (χ3v) is 6.67. The second kappa shape index (κ2) is 7.81. The van der Waals surface area contributed by atoms with Crippen LogP contribution in [0.4, 0.5) is 0 Å². The maximum Gasteiger partial charge on any atom is 0.0234 e. The topological polar surface area (TPSA) is 26.0 Å². The van der Waals surface area contributed by atoms with Gasteiger partial charge in [-0.15, -0.1) is 0 Å². The number of rotatable bonds is 9. The number of unbranched alkanes of at least 4 members (excludes halogenated alkanes) is 1. The van der Waals surface area contributed by atoms with Crippen molar-refractivity contribution in [1.29, 1.82) is 0 Å². The van der Waals surface area contributed by atoms with Gasteiger partial charge in [0.25, 0.3) is 0 Å². The molecule has 0 radical (unpaired) electrons. The highest BCUT2D eigenvalue weighted by Gasteiger charge is 2.54. The van der Waals surface area contributed by atoms with Crippen molar-refractivity contribution in [3.63, 3.8) is 0 Å². The van der Waals surface area contributed by atoms with Gasteiger partial charge in [0.15, 0.2) is 0 Å². The van der Waals surface area contributed by atoms with Crippen LogP contribution in [0.3, 0.4) is 0 Å². The number of hydrogen-bond donors (Lipinski definition) is 1. The van der Waals surface area contributed by atoms with Crippen molar-refractivity contribution in [2.24, 2.45) is 22.0 Å². The lowest BCUT2D eigenvalue weighted by molar-refractivity contribution is -0.0427. The molecule has 0 saturated heterocycles. The molecule has 0 fully saturated rings. The quantitative estimate of drug-likeness (QED) is 0.382. The Kier molecular flexibility index (Phi) is 7.62. The van der Waals surface area contributed by atoms with Crippen LogP contribution in [0.5, 0.6) is 0 Å². The zero-order valence-electron chi connectivity index (χ0n) is 16.7. The molecule has 0 rings (SSSR count). The lowest BCUT2D eigenvalue weighted by atomic mass is 9.49. The van der Waals surface area contributed by atoms with Gasteiger partial charge < -0.3 is 5.73 Å². The van der Waals surface area contributed by atoms with E-state index in [-0.39, 0.29) is 21.8 Å². The first kappa shape index (κ1) is 21.4. The fourth-order valence-electron chi connectivity index (χ4n) is 3.30. The first-order valence-corrected chi connectivity index (χ1v) is 8.88. The van der Waals surface area contributed by atoms with Crippen molar-refractivity contribution < 1.29 is 0 Å². The van der Waals surface area contributed by atoms with E-state index in [4.69, 9.17) is 5.73 Å². The largest absolute Gasteiger partial charge is 0.324 e. The standard InChI is InChI=1S/C21H41N/c1-10-12-14-15-17-19(5,6)21(9,22)20(7,8)18(3,4)16-13-11-2/h10-13H,14-17,22H2,1-9H3/b12-10+,13-11+. The van der Waals surface area contributed by atoms with Crippen LogP contribution in [0.2, 0.25) is 0 Å². The maximum absolute atomic E-state index is 7.00. The Balaban J connectivity index is 5.29. The number of hydrogen-bond acceptors (Lipinski definition) is 1. The van der Waals surface area contributed by atoms with E-state index in [1.807, 2.05) is 0 Å². The lowest BCUT2D eigenvalue weighted by Gasteiger charge is -2.58. The fraction of sp³-hybridized carbons (Fsp3) is 0.810. The van der Waals surface area contributed by atoms with E-state index >= 15 is 0 Å². The Hall–Kier alpha value is -0.560. The zero-order valence-corrected chi connectivity index (χ0v) is 16.7. The molecule has 1 heteroatoms. The molecule has 0 aliphatic carbocycles. The molecule has 2 N–H and O–H groups in total. The van der Waals surface area contributed by atoms with Gasteiger partial charge in [0.05, 0.1) is 0 Å². The van der Waals surface area contributed by atoms with E-state index in [2.05, 4.69) is 86.6 Å². The average Bonchev–Trinajstić information content (AvgIpc) is 2.40. The molecule has 130 valence electrons. The van der Waals surface area contributed by atoms with Crippen LogP contribution in [-0.2, 0) is 0 Å². The van der Waals surface area contributed by atoms with Crippen molar-refractivity contribution in [2.75, 3.05) is 0 Å². The van der Waals surface area contributed by atoms with Gasteiger partial charge in [0, 0.05) is 5.54 Å². The zero-order chi connectivity index (χ0) is 17.7. The first-order valence-electron chi connectivity index (χ1n) is 8.88. The molecule has 0 bridgehead atoms. The molecule has 0 spiro atoms. The van der Waals surface area contributed by atoms with E-state index in [0.717, 1.165) is 19.3 Å². The van der Waals surface area contributed by atoms with Crippen molar-refractivity contribution in [1.82, 2.24) is 0 Å². The predicted octanol–water partition coefficient (Wildman–Crippen LogP) is 6.50. The predicted molar refractivity (Wildman–Crippen MR) is 102 cm³/mol. The minimum atomic E-state index is -0.235. The van der Waals surface area contributed by atoms with Gasteiger partial charge in [-0.1, -0.05) is 65.8 Å². The Morgan fingerprint density at radius 1 is 0.773 bits per heavy atom. The summed E-state index contributed by atoms with van der Waals surface area (Å²) in [5.41, 5.74) is 7.06. The third kappa shape index (κ3) is 4.47. The summed E-state index contributed by atoms with van der Waals surface area (Å²) in [4.78, 5) is 0. The fourth-order valence-corrected chi connectivity index (χ4v) is 3.30. The van der Waals surface area contributed by atoms with Crippen LogP contribution >= 0.6 is 0 Å². The minimum absolute atomic E-state index is 0.0314. The van der Waals surface area contributed by atoms with Crippen LogP contribution in [0.25, 0.3) is 0 Å². The summed E-state index contributed by atoms with van der Waals surface area (Å²) < 4.78 is 0.